The molecule has 0 aliphatic carbocycles. The molecule has 25 heavy (non-hydrogen) atoms. The second kappa shape index (κ2) is 7.23. The SMILES string of the molecule is COc1ccc(Cl)cc1NC(=O)N1CCN(c2c(C)n[nH]c2C)CC1. The van der Waals surface area contributed by atoms with Gasteiger partial charge in [0.1, 0.15) is 5.75 Å². The minimum absolute atomic E-state index is 0.152. The van der Waals surface area contributed by atoms with Crippen LogP contribution in [0.2, 0.25) is 5.02 Å². The number of piperazine rings is 1. The summed E-state index contributed by atoms with van der Waals surface area (Å²) in [6.45, 7) is 6.81. The topological polar surface area (TPSA) is 73.5 Å². The molecule has 1 aromatic heterocycles. The molecule has 3 rings (SSSR count). The number of hydrogen-bond donors (Lipinski definition) is 2. The summed E-state index contributed by atoms with van der Waals surface area (Å²) in [7, 11) is 1.56. The lowest BCUT2D eigenvalue weighted by atomic mass is 10.2. The fourth-order valence-electron chi connectivity index (χ4n) is 3.12. The van der Waals surface area contributed by atoms with Crippen molar-refractivity contribution in [1.82, 2.24) is 15.1 Å². The number of anilines is 2. The number of rotatable bonds is 3. The molecule has 0 radical (unpaired) electrons. The average Bonchev–Trinajstić information content (AvgIpc) is 2.94. The molecular formula is C17H22ClN5O2. The summed E-state index contributed by atoms with van der Waals surface area (Å²) in [6.07, 6.45) is 0. The first-order valence-corrected chi connectivity index (χ1v) is 8.53. The van der Waals surface area contributed by atoms with Crippen LogP contribution in [-0.2, 0) is 0 Å². The normalized spacial score (nSPS) is 14.6. The van der Waals surface area contributed by atoms with E-state index >= 15 is 0 Å². The van der Waals surface area contributed by atoms with Crippen LogP contribution < -0.4 is 15.0 Å². The Morgan fingerprint density at radius 1 is 1.28 bits per heavy atom. The van der Waals surface area contributed by atoms with Gasteiger partial charge in [0.2, 0.25) is 0 Å². The zero-order chi connectivity index (χ0) is 18.0. The standard InChI is InChI=1S/C17H22ClN5O2/c1-11-16(12(2)21-20-11)22-6-8-23(9-7-22)17(24)19-14-10-13(18)4-5-15(14)25-3/h4-5,10H,6-9H2,1-3H3,(H,19,24)(H,20,21). The maximum absolute atomic E-state index is 12.6. The van der Waals surface area contributed by atoms with E-state index in [1.807, 2.05) is 13.8 Å². The third kappa shape index (κ3) is 3.66. The summed E-state index contributed by atoms with van der Waals surface area (Å²) in [5, 5.41) is 10.7. The van der Waals surface area contributed by atoms with Crippen LogP contribution in [0, 0.1) is 13.8 Å². The monoisotopic (exact) mass is 363 g/mol. The number of urea groups is 1. The second-order valence-corrected chi connectivity index (χ2v) is 6.47. The summed E-state index contributed by atoms with van der Waals surface area (Å²) in [5.74, 6) is 0.584. The zero-order valence-electron chi connectivity index (χ0n) is 14.6. The molecule has 2 heterocycles. The molecule has 134 valence electrons. The first kappa shape index (κ1) is 17.4. The summed E-state index contributed by atoms with van der Waals surface area (Å²) < 4.78 is 5.27. The molecule has 1 fully saturated rings. The number of ether oxygens (including phenoxy) is 1. The van der Waals surface area contributed by atoms with Gasteiger partial charge in [0.25, 0.3) is 0 Å². The number of nitrogens with zero attached hydrogens (tertiary/aromatic N) is 3. The molecule has 2 amide bonds. The number of benzene rings is 1. The molecule has 1 saturated heterocycles. The number of carbonyl (C=O) groups excluding carboxylic acids is 1. The highest BCUT2D eigenvalue weighted by Gasteiger charge is 2.24. The van der Waals surface area contributed by atoms with Crippen LogP contribution in [0.4, 0.5) is 16.2 Å². The molecule has 0 spiro atoms. The number of hydrogen-bond acceptors (Lipinski definition) is 4. The Kier molecular flexibility index (Phi) is 5.03. The molecule has 1 aromatic carbocycles. The Balaban J connectivity index is 1.63. The smallest absolute Gasteiger partial charge is 0.322 e. The van der Waals surface area contributed by atoms with Gasteiger partial charge in [-0.05, 0) is 32.0 Å². The number of aryl methyl sites for hydroxylation is 2. The lowest BCUT2D eigenvalue weighted by molar-refractivity contribution is 0.208. The van der Waals surface area contributed by atoms with Crippen LogP contribution in [0.25, 0.3) is 0 Å². The van der Waals surface area contributed by atoms with Crippen LogP contribution in [-0.4, -0.2) is 54.4 Å². The Morgan fingerprint density at radius 2 is 2.00 bits per heavy atom. The van der Waals surface area contributed by atoms with E-state index in [4.69, 9.17) is 16.3 Å². The molecule has 2 aromatic rings. The predicted octanol–water partition coefficient (Wildman–Crippen LogP) is 3.04. The largest absolute Gasteiger partial charge is 0.495 e. The molecule has 1 aliphatic heterocycles. The van der Waals surface area contributed by atoms with Gasteiger partial charge in [-0.25, -0.2) is 4.79 Å². The van der Waals surface area contributed by atoms with Crippen molar-refractivity contribution in [3.8, 4) is 5.75 Å². The van der Waals surface area contributed by atoms with Crippen molar-refractivity contribution in [2.24, 2.45) is 0 Å². The van der Waals surface area contributed by atoms with Crippen molar-refractivity contribution in [2.75, 3.05) is 43.5 Å². The highest BCUT2D eigenvalue weighted by atomic mass is 35.5. The van der Waals surface area contributed by atoms with Gasteiger partial charge < -0.3 is 19.9 Å². The molecule has 0 bridgehead atoms. The number of H-pyrrole nitrogens is 1. The first-order valence-electron chi connectivity index (χ1n) is 8.15. The fraction of sp³-hybridized carbons (Fsp3) is 0.412. The van der Waals surface area contributed by atoms with Crippen molar-refractivity contribution in [2.45, 2.75) is 13.8 Å². The predicted molar refractivity (Wildman–Crippen MR) is 98.9 cm³/mol. The van der Waals surface area contributed by atoms with E-state index in [0.717, 1.165) is 30.2 Å². The Bertz CT molecular complexity index is 749. The highest BCUT2D eigenvalue weighted by Crippen LogP contribution is 2.28. The van der Waals surface area contributed by atoms with Crippen molar-refractivity contribution in [3.05, 3.63) is 34.6 Å². The van der Waals surface area contributed by atoms with E-state index < -0.39 is 0 Å². The van der Waals surface area contributed by atoms with E-state index in [0.29, 0.717) is 29.5 Å². The van der Waals surface area contributed by atoms with Gasteiger partial charge in [-0.1, -0.05) is 11.6 Å². The van der Waals surface area contributed by atoms with Crippen LogP contribution in [0.15, 0.2) is 18.2 Å². The van der Waals surface area contributed by atoms with E-state index in [2.05, 4.69) is 20.4 Å². The highest BCUT2D eigenvalue weighted by molar-refractivity contribution is 6.31. The van der Waals surface area contributed by atoms with Crippen molar-refractivity contribution >= 4 is 29.0 Å². The van der Waals surface area contributed by atoms with Gasteiger partial charge in [-0.15, -0.1) is 0 Å². The maximum atomic E-state index is 12.6. The number of amides is 2. The summed E-state index contributed by atoms with van der Waals surface area (Å²) >= 11 is 6.01. The van der Waals surface area contributed by atoms with E-state index in [-0.39, 0.29) is 6.03 Å². The average molecular weight is 364 g/mol. The number of aromatic amines is 1. The minimum atomic E-state index is -0.152. The number of nitrogens with one attached hydrogen (secondary N) is 2. The van der Waals surface area contributed by atoms with Gasteiger partial charge in [0.05, 0.1) is 29.9 Å². The Hall–Kier alpha value is -2.41. The van der Waals surface area contributed by atoms with Gasteiger partial charge in [0, 0.05) is 31.2 Å². The summed E-state index contributed by atoms with van der Waals surface area (Å²) in [4.78, 5) is 16.6. The number of carbonyl (C=O) groups is 1. The van der Waals surface area contributed by atoms with E-state index in [1.165, 1.54) is 0 Å². The van der Waals surface area contributed by atoms with Crippen LogP contribution in [0.5, 0.6) is 5.75 Å². The maximum Gasteiger partial charge on any atom is 0.322 e. The first-order chi connectivity index (χ1) is 12.0. The second-order valence-electron chi connectivity index (χ2n) is 6.03. The molecule has 8 heteroatoms. The molecule has 0 atom stereocenters. The minimum Gasteiger partial charge on any atom is -0.495 e. The van der Waals surface area contributed by atoms with Crippen LogP contribution in [0.1, 0.15) is 11.4 Å². The molecule has 0 unspecified atom stereocenters. The van der Waals surface area contributed by atoms with Crippen molar-refractivity contribution in [3.63, 3.8) is 0 Å². The van der Waals surface area contributed by atoms with Crippen molar-refractivity contribution in [1.29, 1.82) is 0 Å². The lowest BCUT2D eigenvalue weighted by Gasteiger charge is -2.36. The lowest BCUT2D eigenvalue weighted by Crippen LogP contribution is -2.50. The van der Waals surface area contributed by atoms with Gasteiger partial charge in [-0.3, -0.25) is 5.10 Å². The summed E-state index contributed by atoms with van der Waals surface area (Å²) in [5.41, 5.74) is 3.75. The molecular weight excluding hydrogens is 342 g/mol. The Labute approximate surface area is 151 Å². The number of methoxy groups -OCH3 is 1. The molecule has 0 saturated carbocycles. The zero-order valence-corrected chi connectivity index (χ0v) is 15.4. The summed E-state index contributed by atoms with van der Waals surface area (Å²) in [6, 6.07) is 5.00. The van der Waals surface area contributed by atoms with E-state index in [9.17, 15) is 4.79 Å². The fourth-order valence-corrected chi connectivity index (χ4v) is 3.29. The van der Waals surface area contributed by atoms with Gasteiger partial charge in [-0.2, -0.15) is 5.10 Å². The molecule has 1 aliphatic rings. The number of halogens is 1. The van der Waals surface area contributed by atoms with Crippen LogP contribution >= 0.6 is 11.6 Å². The third-order valence-corrected chi connectivity index (χ3v) is 4.61. The van der Waals surface area contributed by atoms with Crippen molar-refractivity contribution < 1.29 is 9.53 Å². The Morgan fingerprint density at radius 3 is 2.60 bits per heavy atom. The third-order valence-electron chi connectivity index (χ3n) is 4.38. The number of aromatic nitrogens is 2. The molecule has 7 nitrogen and oxygen atoms in total. The van der Waals surface area contributed by atoms with Gasteiger partial charge in [0.15, 0.2) is 0 Å². The van der Waals surface area contributed by atoms with Gasteiger partial charge >= 0.3 is 6.03 Å². The van der Waals surface area contributed by atoms with Crippen LogP contribution in [0.3, 0.4) is 0 Å². The van der Waals surface area contributed by atoms with E-state index in [1.54, 1.807) is 30.2 Å². The molecule has 2 N–H and O–H groups in total. The quantitative estimate of drug-likeness (QED) is 0.879.